The van der Waals surface area contributed by atoms with Crippen LogP contribution in [0.2, 0.25) is 0 Å². The van der Waals surface area contributed by atoms with Gasteiger partial charge in [-0.2, -0.15) is 0 Å². The lowest BCUT2D eigenvalue weighted by molar-refractivity contribution is 0.0696. The zero-order valence-electron chi connectivity index (χ0n) is 11.1. The number of nitrogens with zero attached hydrogens (tertiary/aromatic N) is 3. The number of carboxylic acids is 1. The van der Waals surface area contributed by atoms with Gasteiger partial charge in [-0.25, -0.2) is 9.78 Å². The fourth-order valence-electron chi connectivity index (χ4n) is 2.26. The van der Waals surface area contributed by atoms with E-state index in [0.717, 1.165) is 31.0 Å². The Kier molecular flexibility index (Phi) is 3.52. The van der Waals surface area contributed by atoms with E-state index in [4.69, 9.17) is 5.11 Å². The van der Waals surface area contributed by atoms with Crippen LogP contribution in [0.25, 0.3) is 0 Å². The predicted molar refractivity (Wildman–Crippen MR) is 70.2 cm³/mol. The van der Waals surface area contributed by atoms with Gasteiger partial charge in [0, 0.05) is 31.9 Å². The molecular weight excluding hydrogens is 230 g/mol. The summed E-state index contributed by atoms with van der Waals surface area (Å²) < 4.78 is 0. The Morgan fingerprint density at radius 1 is 1.50 bits per heavy atom. The highest BCUT2D eigenvalue weighted by Crippen LogP contribution is 2.21. The number of likely N-dealkylation sites (N-methyl/N-ethyl adjacent to an activating group) is 1. The van der Waals surface area contributed by atoms with Gasteiger partial charge in [0.05, 0.1) is 5.56 Å². The molecule has 1 aromatic rings. The number of pyridine rings is 1. The van der Waals surface area contributed by atoms with Gasteiger partial charge in [-0.3, -0.25) is 0 Å². The summed E-state index contributed by atoms with van der Waals surface area (Å²) in [6, 6.07) is 2.17. The van der Waals surface area contributed by atoms with E-state index in [9.17, 15) is 4.79 Å². The minimum Gasteiger partial charge on any atom is -0.478 e. The lowest BCUT2D eigenvalue weighted by Gasteiger charge is -2.38. The monoisotopic (exact) mass is 249 g/mol. The van der Waals surface area contributed by atoms with E-state index in [0.29, 0.717) is 6.04 Å². The molecule has 1 fully saturated rings. The molecule has 0 amide bonds. The number of aromatic carboxylic acids is 1. The van der Waals surface area contributed by atoms with Crippen molar-refractivity contribution in [3.8, 4) is 0 Å². The van der Waals surface area contributed by atoms with Crippen LogP contribution < -0.4 is 4.90 Å². The summed E-state index contributed by atoms with van der Waals surface area (Å²) in [5.41, 5.74) is 1.17. The predicted octanol–water partition coefficient (Wildman–Crippen LogP) is 1.23. The number of carboxylic acid groups (broad SMARTS) is 1. The quantitative estimate of drug-likeness (QED) is 0.854. The van der Waals surface area contributed by atoms with Crippen molar-refractivity contribution in [3.05, 3.63) is 23.4 Å². The van der Waals surface area contributed by atoms with E-state index < -0.39 is 5.97 Å². The topological polar surface area (TPSA) is 56.7 Å². The van der Waals surface area contributed by atoms with Gasteiger partial charge in [0.15, 0.2) is 0 Å². The summed E-state index contributed by atoms with van der Waals surface area (Å²) in [6.45, 7) is 6.96. The van der Waals surface area contributed by atoms with Gasteiger partial charge in [0.25, 0.3) is 0 Å². The summed E-state index contributed by atoms with van der Waals surface area (Å²) >= 11 is 0. The molecule has 1 aliphatic rings. The summed E-state index contributed by atoms with van der Waals surface area (Å²) in [6.07, 6.45) is 1.44. The first-order valence-electron chi connectivity index (χ1n) is 6.14. The molecule has 0 bridgehead atoms. The minimum atomic E-state index is -0.927. The fourth-order valence-corrected chi connectivity index (χ4v) is 2.26. The number of hydrogen-bond donors (Lipinski definition) is 1. The van der Waals surface area contributed by atoms with Crippen LogP contribution in [0.3, 0.4) is 0 Å². The lowest BCUT2D eigenvalue weighted by atomic mass is 10.1. The molecule has 5 heteroatoms. The zero-order chi connectivity index (χ0) is 13.3. The van der Waals surface area contributed by atoms with E-state index in [1.54, 1.807) is 6.07 Å². The number of rotatable bonds is 2. The molecule has 2 rings (SSSR count). The minimum absolute atomic E-state index is 0.249. The van der Waals surface area contributed by atoms with Gasteiger partial charge < -0.3 is 14.9 Å². The molecule has 1 unspecified atom stereocenters. The lowest BCUT2D eigenvalue weighted by Crippen LogP contribution is -2.50. The second-order valence-corrected chi connectivity index (χ2v) is 4.95. The third-order valence-electron chi connectivity index (χ3n) is 3.56. The molecule has 1 aliphatic heterocycles. The largest absolute Gasteiger partial charge is 0.478 e. The molecule has 2 heterocycles. The first kappa shape index (κ1) is 12.8. The molecule has 0 spiro atoms. The average molecular weight is 249 g/mol. The molecular formula is C13H19N3O2. The molecule has 5 nitrogen and oxygen atoms in total. The third-order valence-corrected chi connectivity index (χ3v) is 3.56. The Balaban J connectivity index is 2.21. The molecule has 0 radical (unpaired) electrons. The molecule has 18 heavy (non-hydrogen) atoms. The smallest absolute Gasteiger partial charge is 0.337 e. The van der Waals surface area contributed by atoms with Gasteiger partial charge in [-0.05, 0) is 32.5 Å². The van der Waals surface area contributed by atoms with E-state index in [1.165, 1.54) is 6.20 Å². The van der Waals surface area contributed by atoms with Crippen LogP contribution in [-0.2, 0) is 0 Å². The Labute approximate surface area is 107 Å². The van der Waals surface area contributed by atoms with Crippen molar-refractivity contribution in [2.75, 3.05) is 31.6 Å². The van der Waals surface area contributed by atoms with Crippen molar-refractivity contribution in [1.29, 1.82) is 0 Å². The van der Waals surface area contributed by atoms with E-state index in [-0.39, 0.29) is 5.56 Å². The van der Waals surface area contributed by atoms with E-state index in [1.807, 2.05) is 6.92 Å². The molecule has 1 aromatic heterocycles. The maximum atomic E-state index is 10.9. The fraction of sp³-hybridized carbons (Fsp3) is 0.538. The highest BCUT2D eigenvalue weighted by Gasteiger charge is 2.22. The van der Waals surface area contributed by atoms with Crippen LogP contribution in [0.1, 0.15) is 22.8 Å². The van der Waals surface area contributed by atoms with E-state index >= 15 is 0 Å². The number of carbonyl (C=O) groups is 1. The Morgan fingerprint density at radius 2 is 2.22 bits per heavy atom. The number of anilines is 1. The van der Waals surface area contributed by atoms with Gasteiger partial charge >= 0.3 is 5.97 Å². The highest BCUT2D eigenvalue weighted by atomic mass is 16.4. The van der Waals surface area contributed by atoms with Crippen LogP contribution in [-0.4, -0.2) is 53.7 Å². The number of aryl methyl sites for hydroxylation is 1. The molecule has 98 valence electrons. The number of hydrogen-bond acceptors (Lipinski definition) is 4. The van der Waals surface area contributed by atoms with Crippen molar-refractivity contribution in [3.63, 3.8) is 0 Å². The summed E-state index contributed by atoms with van der Waals surface area (Å²) in [5.74, 6) is -0.0242. The van der Waals surface area contributed by atoms with Crippen molar-refractivity contribution in [2.24, 2.45) is 0 Å². The van der Waals surface area contributed by atoms with Crippen LogP contribution in [0.4, 0.5) is 5.82 Å². The molecule has 0 aromatic carbocycles. The molecule has 0 saturated carbocycles. The van der Waals surface area contributed by atoms with Crippen molar-refractivity contribution in [1.82, 2.24) is 9.88 Å². The first-order valence-corrected chi connectivity index (χ1v) is 6.14. The van der Waals surface area contributed by atoms with Crippen LogP contribution in [0, 0.1) is 6.92 Å². The van der Waals surface area contributed by atoms with Crippen LogP contribution >= 0.6 is 0 Å². The first-order chi connectivity index (χ1) is 8.49. The normalized spacial score (nSPS) is 21.1. The van der Waals surface area contributed by atoms with Crippen molar-refractivity contribution >= 4 is 11.8 Å². The van der Waals surface area contributed by atoms with E-state index in [2.05, 4.69) is 28.8 Å². The van der Waals surface area contributed by atoms with Crippen molar-refractivity contribution in [2.45, 2.75) is 19.9 Å². The Bertz CT molecular complexity index is 462. The molecule has 0 aliphatic carbocycles. The highest BCUT2D eigenvalue weighted by molar-refractivity contribution is 5.87. The second-order valence-electron chi connectivity index (χ2n) is 4.95. The third kappa shape index (κ3) is 2.46. The SMILES string of the molecule is Cc1cc(C(=O)O)cnc1N1CCN(C)C(C)C1. The summed E-state index contributed by atoms with van der Waals surface area (Å²) in [5, 5.41) is 8.93. The molecule has 1 atom stereocenters. The maximum Gasteiger partial charge on any atom is 0.337 e. The van der Waals surface area contributed by atoms with Gasteiger partial charge in [-0.15, -0.1) is 0 Å². The summed E-state index contributed by atoms with van der Waals surface area (Å²) in [7, 11) is 2.12. The second kappa shape index (κ2) is 4.94. The average Bonchev–Trinajstić information content (AvgIpc) is 2.32. The standard InChI is InChI=1S/C13H19N3O2/c1-9-6-11(13(17)18)7-14-12(9)16-5-4-15(3)10(2)8-16/h6-7,10H,4-5,8H2,1-3H3,(H,17,18). The molecule has 1 N–H and O–H groups in total. The number of aromatic nitrogens is 1. The van der Waals surface area contributed by atoms with Crippen LogP contribution in [0.15, 0.2) is 12.3 Å². The summed E-state index contributed by atoms with van der Waals surface area (Å²) in [4.78, 5) is 19.7. The van der Waals surface area contributed by atoms with Gasteiger partial charge in [0.1, 0.15) is 5.82 Å². The molecule has 1 saturated heterocycles. The zero-order valence-corrected chi connectivity index (χ0v) is 11.1. The Morgan fingerprint density at radius 3 is 2.78 bits per heavy atom. The number of piperazine rings is 1. The maximum absolute atomic E-state index is 10.9. The van der Waals surface area contributed by atoms with Crippen molar-refractivity contribution < 1.29 is 9.90 Å². The van der Waals surface area contributed by atoms with Gasteiger partial charge in [0.2, 0.25) is 0 Å². The van der Waals surface area contributed by atoms with Gasteiger partial charge in [-0.1, -0.05) is 0 Å². The Hall–Kier alpha value is -1.62. The van der Waals surface area contributed by atoms with Crippen LogP contribution in [0.5, 0.6) is 0 Å².